The molecular formula is C22H36O9. The summed E-state index contributed by atoms with van der Waals surface area (Å²) in [5.41, 5.74) is 0. The first-order chi connectivity index (χ1) is 14.8. The van der Waals surface area contributed by atoms with Gasteiger partial charge in [-0.1, -0.05) is 27.7 Å². The van der Waals surface area contributed by atoms with Crippen LogP contribution < -0.4 is 0 Å². The maximum Gasteiger partial charge on any atom is 0.308 e. The zero-order valence-electron chi connectivity index (χ0n) is 19.1. The van der Waals surface area contributed by atoms with Gasteiger partial charge in [0.15, 0.2) is 6.10 Å². The fourth-order valence-electron chi connectivity index (χ4n) is 3.08. The average Bonchev–Trinajstić information content (AvgIpc) is 2.69. The van der Waals surface area contributed by atoms with Crippen LogP contribution in [0.1, 0.15) is 85.5 Å². The van der Waals surface area contributed by atoms with E-state index in [9.17, 15) is 19.2 Å². The third-order valence-corrected chi connectivity index (χ3v) is 4.52. The molecule has 1 rings (SSSR count). The molecule has 0 aromatic rings. The molecule has 0 aromatic carbocycles. The fourth-order valence-corrected chi connectivity index (χ4v) is 3.08. The maximum absolute atomic E-state index is 12.2. The Kier molecular flexibility index (Phi) is 12.8. The van der Waals surface area contributed by atoms with Crippen molar-refractivity contribution in [3.63, 3.8) is 0 Å². The second-order valence-corrected chi connectivity index (χ2v) is 7.50. The van der Waals surface area contributed by atoms with E-state index in [0.29, 0.717) is 25.7 Å². The van der Waals surface area contributed by atoms with Crippen molar-refractivity contribution in [2.45, 2.75) is 110 Å². The quantitative estimate of drug-likeness (QED) is 0.312. The molecule has 1 aliphatic rings. The van der Waals surface area contributed by atoms with Crippen LogP contribution >= 0.6 is 0 Å². The first kappa shape index (κ1) is 26.9. The Hall–Kier alpha value is -2.16. The van der Waals surface area contributed by atoms with E-state index < -0.39 is 48.5 Å². The van der Waals surface area contributed by atoms with Gasteiger partial charge in [-0.15, -0.1) is 0 Å². The zero-order chi connectivity index (χ0) is 23.2. The van der Waals surface area contributed by atoms with Crippen LogP contribution in [0, 0.1) is 0 Å². The number of hydrogen-bond acceptors (Lipinski definition) is 9. The SMILES string of the molecule is CCCC(=O)OC[C@H]1OC(OC(=O)CCC)C[C@@H](OC(=O)CCC)[C@@H]1OC(=O)CCC. The van der Waals surface area contributed by atoms with E-state index >= 15 is 0 Å². The predicted molar refractivity (Wildman–Crippen MR) is 110 cm³/mol. The monoisotopic (exact) mass is 444 g/mol. The first-order valence-corrected chi connectivity index (χ1v) is 11.2. The normalized spacial score (nSPS) is 23.0. The van der Waals surface area contributed by atoms with Crippen LogP contribution in [-0.2, 0) is 42.9 Å². The molecule has 0 spiro atoms. The summed E-state index contributed by atoms with van der Waals surface area (Å²) in [5, 5.41) is 0. The van der Waals surface area contributed by atoms with Crippen LogP contribution in [0.25, 0.3) is 0 Å². The smallest absolute Gasteiger partial charge is 0.308 e. The number of rotatable bonds is 13. The molecule has 0 bridgehead atoms. The van der Waals surface area contributed by atoms with E-state index in [0.717, 1.165) is 0 Å². The number of carbonyl (C=O) groups excluding carboxylic acids is 4. The van der Waals surface area contributed by atoms with E-state index in [1.807, 2.05) is 27.7 Å². The van der Waals surface area contributed by atoms with Gasteiger partial charge in [0.1, 0.15) is 18.8 Å². The summed E-state index contributed by atoms with van der Waals surface area (Å²) in [6, 6.07) is 0. The summed E-state index contributed by atoms with van der Waals surface area (Å²) < 4.78 is 27.5. The van der Waals surface area contributed by atoms with Gasteiger partial charge in [0.25, 0.3) is 0 Å². The van der Waals surface area contributed by atoms with E-state index in [1.54, 1.807) is 0 Å². The van der Waals surface area contributed by atoms with Crippen molar-refractivity contribution < 1.29 is 42.9 Å². The molecule has 1 unspecified atom stereocenters. The third kappa shape index (κ3) is 10.1. The predicted octanol–water partition coefficient (Wildman–Crippen LogP) is 3.21. The molecule has 1 aliphatic heterocycles. The highest BCUT2D eigenvalue weighted by Gasteiger charge is 2.45. The van der Waals surface area contributed by atoms with Crippen molar-refractivity contribution in [1.82, 2.24) is 0 Å². The lowest BCUT2D eigenvalue weighted by molar-refractivity contribution is -0.261. The molecule has 0 aliphatic carbocycles. The van der Waals surface area contributed by atoms with Gasteiger partial charge >= 0.3 is 23.9 Å². The van der Waals surface area contributed by atoms with Crippen LogP contribution in [0.2, 0.25) is 0 Å². The number of esters is 4. The van der Waals surface area contributed by atoms with Gasteiger partial charge < -0.3 is 23.7 Å². The summed E-state index contributed by atoms with van der Waals surface area (Å²) in [6.45, 7) is 7.16. The van der Waals surface area contributed by atoms with Gasteiger partial charge in [-0.25, -0.2) is 0 Å². The Bertz CT molecular complexity index is 590. The standard InChI is InChI=1S/C22H36O9/c1-5-9-17(23)27-14-16-22(31-20(26)12-8-4)15(28-18(24)10-6-2)13-21(29-16)30-19(25)11-7-3/h15-16,21-22H,5-14H2,1-4H3/t15-,16-,21?,22+/m1/s1. The highest BCUT2D eigenvalue weighted by Crippen LogP contribution is 2.28. The number of hydrogen-bond donors (Lipinski definition) is 0. The molecule has 0 amide bonds. The number of ether oxygens (including phenoxy) is 5. The van der Waals surface area contributed by atoms with Crippen molar-refractivity contribution in [3.05, 3.63) is 0 Å². The minimum absolute atomic E-state index is 0.0222. The zero-order valence-corrected chi connectivity index (χ0v) is 19.1. The molecule has 1 heterocycles. The van der Waals surface area contributed by atoms with Crippen LogP contribution in [0.3, 0.4) is 0 Å². The molecule has 31 heavy (non-hydrogen) atoms. The van der Waals surface area contributed by atoms with Gasteiger partial charge in [0, 0.05) is 25.7 Å². The Balaban J connectivity index is 3.04. The first-order valence-electron chi connectivity index (χ1n) is 11.2. The largest absolute Gasteiger partial charge is 0.463 e. The molecule has 0 N–H and O–H groups in total. The van der Waals surface area contributed by atoms with Crippen molar-refractivity contribution in [3.8, 4) is 0 Å². The summed E-state index contributed by atoms with van der Waals surface area (Å²) in [7, 11) is 0. The van der Waals surface area contributed by atoms with Crippen molar-refractivity contribution in [1.29, 1.82) is 0 Å². The average molecular weight is 445 g/mol. The van der Waals surface area contributed by atoms with Gasteiger partial charge in [0.05, 0.1) is 6.42 Å². The van der Waals surface area contributed by atoms with Gasteiger partial charge in [-0.2, -0.15) is 0 Å². The van der Waals surface area contributed by atoms with Crippen LogP contribution in [0.4, 0.5) is 0 Å². The summed E-state index contributed by atoms with van der Waals surface area (Å²) in [6.07, 6.45) is -0.551. The molecule has 0 saturated carbocycles. The Morgan fingerprint density at radius 3 is 1.74 bits per heavy atom. The molecule has 1 fully saturated rings. The molecule has 0 radical (unpaired) electrons. The molecule has 178 valence electrons. The van der Waals surface area contributed by atoms with E-state index in [-0.39, 0.29) is 38.7 Å². The summed E-state index contributed by atoms with van der Waals surface area (Å²) in [5.74, 6) is -1.80. The van der Waals surface area contributed by atoms with Crippen LogP contribution in [0.5, 0.6) is 0 Å². The van der Waals surface area contributed by atoms with Crippen molar-refractivity contribution in [2.24, 2.45) is 0 Å². The molecular weight excluding hydrogens is 408 g/mol. The molecule has 9 heteroatoms. The van der Waals surface area contributed by atoms with Gasteiger partial charge in [-0.05, 0) is 25.7 Å². The van der Waals surface area contributed by atoms with Crippen molar-refractivity contribution in [2.75, 3.05) is 6.61 Å². The Morgan fingerprint density at radius 2 is 1.19 bits per heavy atom. The Labute approximate surface area is 184 Å². The van der Waals surface area contributed by atoms with Crippen LogP contribution in [-0.4, -0.2) is 55.1 Å². The van der Waals surface area contributed by atoms with Gasteiger partial charge in [-0.3, -0.25) is 19.2 Å². The summed E-state index contributed by atoms with van der Waals surface area (Å²) in [4.78, 5) is 48.2. The molecule has 9 nitrogen and oxygen atoms in total. The van der Waals surface area contributed by atoms with Crippen LogP contribution in [0.15, 0.2) is 0 Å². The molecule has 0 aromatic heterocycles. The fraction of sp³-hybridized carbons (Fsp3) is 0.818. The topological polar surface area (TPSA) is 114 Å². The highest BCUT2D eigenvalue weighted by atomic mass is 16.7. The minimum Gasteiger partial charge on any atom is -0.463 e. The Morgan fingerprint density at radius 1 is 0.710 bits per heavy atom. The van der Waals surface area contributed by atoms with Crippen molar-refractivity contribution >= 4 is 23.9 Å². The lowest BCUT2D eigenvalue weighted by Gasteiger charge is -2.39. The highest BCUT2D eigenvalue weighted by molar-refractivity contribution is 5.71. The maximum atomic E-state index is 12.2. The second-order valence-electron chi connectivity index (χ2n) is 7.50. The summed E-state index contributed by atoms with van der Waals surface area (Å²) >= 11 is 0. The lowest BCUT2D eigenvalue weighted by atomic mass is 10.0. The second kappa shape index (κ2) is 14.8. The lowest BCUT2D eigenvalue weighted by Crippen LogP contribution is -2.54. The number of carbonyl (C=O) groups is 4. The van der Waals surface area contributed by atoms with E-state index in [1.165, 1.54) is 0 Å². The van der Waals surface area contributed by atoms with Gasteiger partial charge in [0.2, 0.25) is 6.29 Å². The van der Waals surface area contributed by atoms with E-state index in [2.05, 4.69) is 0 Å². The minimum atomic E-state index is -1.01. The molecule has 1 saturated heterocycles. The van der Waals surface area contributed by atoms with E-state index in [4.69, 9.17) is 23.7 Å². The third-order valence-electron chi connectivity index (χ3n) is 4.52. The molecule has 4 atom stereocenters.